The van der Waals surface area contributed by atoms with Crippen LogP contribution in [0.25, 0.3) is 0 Å². The summed E-state index contributed by atoms with van der Waals surface area (Å²) in [5.41, 5.74) is 2.29. The number of hydrogen-bond acceptors (Lipinski definition) is 2. The summed E-state index contributed by atoms with van der Waals surface area (Å²) in [4.78, 5) is 0. The fourth-order valence-corrected chi connectivity index (χ4v) is 2.18. The number of para-hydroxylation sites is 1. The SMILES string of the molecule is Cc1cccc(C)c1O[C@H]1CCC[C@@H]1O. The highest BCUT2D eigenvalue weighted by Gasteiger charge is 2.27. The Morgan fingerprint density at radius 3 is 2.40 bits per heavy atom. The fraction of sp³-hybridized carbons (Fsp3) is 0.538. The van der Waals surface area contributed by atoms with Crippen molar-refractivity contribution in [2.24, 2.45) is 0 Å². The van der Waals surface area contributed by atoms with Crippen molar-refractivity contribution >= 4 is 0 Å². The first-order valence-electron chi connectivity index (χ1n) is 5.59. The molecule has 0 aromatic heterocycles. The predicted octanol–water partition coefficient (Wildman–Crippen LogP) is 2.60. The Morgan fingerprint density at radius 2 is 1.87 bits per heavy atom. The number of aryl methyl sites for hydroxylation is 2. The highest BCUT2D eigenvalue weighted by molar-refractivity contribution is 5.39. The normalized spacial score (nSPS) is 25.5. The van der Waals surface area contributed by atoms with Gasteiger partial charge in [-0.2, -0.15) is 0 Å². The standard InChI is InChI=1S/C13H18O2/c1-9-5-3-6-10(2)13(9)15-12-8-4-7-11(12)14/h3,5-6,11-12,14H,4,7-8H2,1-2H3/t11-,12-/m0/s1. The molecule has 15 heavy (non-hydrogen) atoms. The smallest absolute Gasteiger partial charge is 0.125 e. The predicted molar refractivity (Wildman–Crippen MR) is 60.2 cm³/mol. The van der Waals surface area contributed by atoms with Crippen LogP contribution in [0.4, 0.5) is 0 Å². The van der Waals surface area contributed by atoms with Gasteiger partial charge in [0, 0.05) is 0 Å². The molecular formula is C13H18O2. The van der Waals surface area contributed by atoms with Crippen molar-refractivity contribution in [2.75, 3.05) is 0 Å². The second-order valence-electron chi connectivity index (χ2n) is 4.38. The molecule has 1 aromatic carbocycles. The first kappa shape index (κ1) is 10.5. The molecule has 0 unspecified atom stereocenters. The van der Waals surface area contributed by atoms with Gasteiger partial charge < -0.3 is 9.84 Å². The Bertz CT molecular complexity index is 326. The van der Waals surface area contributed by atoms with Crippen molar-refractivity contribution in [3.05, 3.63) is 29.3 Å². The monoisotopic (exact) mass is 206 g/mol. The Balaban J connectivity index is 2.16. The van der Waals surface area contributed by atoms with Crippen LogP contribution in [0.5, 0.6) is 5.75 Å². The average molecular weight is 206 g/mol. The number of benzene rings is 1. The molecule has 1 aromatic rings. The molecule has 1 fully saturated rings. The fourth-order valence-electron chi connectivity index (χ4n) is 2.18. The van der Waals surface area contributed by atoms with Crippen molar-refractivity contribution in [1.82, 2.24) is 0 Å². The Labute approximate surface area is 90.9 Å². The molecule has 2 rings (SSSR count). The molecule has 0 radical (unpaired) electrons. The molecular weight excluding hydrogens is 188 g/mol. The maximum Gasteiger partial charge on any atom is 0.125 e. The molecule has 0 amide bonds. The van der Waals surface area contributed by atoms with Crippen LogP contribution in [0.1, 0.15) is 30.4 Å². The van der Waals surface area contributed by atoms with Gasteiger partial charge in [0.25, 0.3) is 0 Å². The lowest BCUT2D eigenvalue weighted by Crippen LogP contribution is -2.26. The summed E-state index contributed by atoms with van der Waals surface area (Å²) in [6.45, 7) is 4.09. The Morgan fingerprint density at radius 1 is 1.20 bits per heavy atom. The van der Waals surface area contributed by atoms with Crippen LogP contribution < -0.4 is 4.74 Å². The van der Waals surface area contributed by atoms with Crippen molar-refractivity contribution in [3.8, 4) is 5.75 Å². The minimum atomic E-state index is -0.288. The van der Waals surface area contributed by atoms with E-state index in [2.05, 4.69) is 0 Å². The highest BCUT2D eigenvalue weighted by Crippen LogP contribution is 2.29. The first-order chi connectivity index (χ1) is 7.18. The van der Waals surface area contributed by atoms with Crippen LogP contribution >= 0.6 is 0 Å². The number of aliphatic hydroxyl groups is 1. The molecule has 1 N–H and O–H groups in total. The van der Waals surface area contributed by atoms with E-state index in [1.165, 1.54) is 0 Å². The topological polar surface area (TPSA) is 29.5 Å². The quantitative estimate of drug-likeness (QED) is 0.806. The van der Waals surface area contributed by atoms with Gasteiger partial charge in [-0.25, -0.2) is 0 Å². The Kier molecular flexibility index (Phi) is 2.96. The summed E-state index contributed by atoms with van der Waals surface area (Å²) in [6, 6.07) is 6.12. The van der Waals surface area contributed by atoms with Crippen LogP contribution in [-0.4, -0.2) is 17.3 Å². The maximum atomic E-state index is 9.71. The summed E-state index contributed by atoms with van der Waals surface area (Å²) in [5, 5.41) is 9.71. The van der Waals surface area contributed by atoms with Crippen LogP contribution in [0.3, 0.4) is 0 Å². The van der Waals surface area contributed by atoms with Gasteiger partial charge in [-0.05, 0) is 44.2 Å². The molecule has 1 aliphatic carbocycles. The Hall–Kier alpha value is -1.02. The number of hydrogen-bond donors (Lipinski definition) is 1. The van der Waals surface area contributed by atoms with Gasteiger partial charge in [0.1, 0.15) is 11.9 Å². The first-order valence-corrected chi connectivity index (χ1v) is 5.59. The molecule has 2 nitrogen and oxygen atoms in total. The van der Waals surface area contributed by atoms with Crippen LogP contribution in [0.2, 0.25) is 0 Å². The van der Waals surface area contributed by atoms with Crippen molar-refractivity contribution < 1.29 is 9.84 Å². The number of ether oxygens (including phenoxy) is 1. The van der Waals surface area contributed by atoms with Crippen molar-refractivity contribution in [2.45, 2.75) is 45.3 Å². The summed E-state index contributed by atoms with van der Waals surface area (Å²) >= 11 is 0. The molecule has 2 heteroatoms. The van der Waals surface area contributed by atoms with Gasteiger partial charge in [0.2, 0.25) is 0 Å². The molecule has 82 valence electrons. The summed E-state index contributed by atoms with van der Waals surface area (Å²) in [5.74, 6) is 0.948. The zero-order valence-electron chi connectivity index (χ0n) is 9.36. The third-order valence-electron chi connectivity index (χ3n) is 3.10. The van der Waals surface area contributed by atoms with E-state index in [4.69, 9.17) is 4.74 Å². The van der Waals surface area contributed by atoms with Crippen molar-refractivity contribution in [3.63, 3.8) is 0 Å². The van der Waals surface area contributed by atoms with E-state index in [-0.39, 0.29) is 12.2 Å². The molecule has 2 atom stereocenters. The second-order valence-corrected chi connectivity index (χ2v) is 4.38. The largest absolute Gasteiger partial charge is 0.487 e. The minimum Gasteiger partial charge on any atom is -0.487 e. The summed E-state index contributed by atoms with van der Waals surface area (Å²) in [7, 11) is 0. The molecule has 0 bridgehead atoms. The van der Waals surface area contributed by atoms with Crippen LogP contribution in [0.15, 0.2) is 18.2 Å². The zero-order chi connectivity index (χ0) is 10.8. The lowest BCUT2D eigenvalue weighted by Gasteiger charge is -2.20. The van der Waals surface area contributed by atoms with Gasteiger partial charge in [0.05, 0.1) is 6.10 Å². The molecule has 0 heterocycles. The van der Waals surface area contributed by atoms with Gasteiger partial charge in [0.15, 0.2) is 0 Å². The van der Waals surface area contributed by atoms with Crippen molar-refractivity contribution in [1.29, 1.82) is 0 Å². The third kappa shape index (κ3) is 2.15. The summed E-state index contributed by atoms with van der Waals surface area (Å²) < 4.78 is 5.90. The van der Waals surface area contributed by atoms with Gasteiger partial charge in [-0.3, -0.25) is 0 Å². The molecule has 0 aliphatic heterocycles. The zero-order valence-corrected chi connectivity index (χ0v) is 9.36. The van der Waals surface area contributed by atoms with E-state index in [1.54, 1.807) is 0 Å². The average Bonchev–Trinajstić information content (AvgIpc) is 2.58. The van der Waals surface area contributed by atoms with Crippen LogP contribution in [0, 0.1) is 13.8 Å². The van der Waals surface area contributed by atoms with Crippen LogP contribution in [-0.2, 0) is 0 Å². The molecule has 1 saturated carbocycles. The molecule has 0 saturated heterocycles. The summed E-state index contributed by atoms with van der Waals surface area (Å²) in [6.07, 6.45) is 2.61. The van der Waals surface area contributed by atoms with Gasteiger partial charge in [-0.15, -0.1) is 0 Å². The van der Waals surface area contributed by atoms with Gasteiger partial charge >= 0.3 is 0 Å². The number of rotatable bonds is 2. The van der Waals surface area contributed by atoms with E-state index in [1.807, 2.05) is 32.0 Å². The molecule has 0 spiro atoms. The number of aliphatic hydroxyl groups excluding tert-OH is 1. The van der Waals surface area contributed by atoms with E-state index in [0.29, 0.717) is 0 Å². The van der Waals surface area contributed by atoms with E-state index in [9.17, 15) is 5.11 Å². The maximum absolute atomic E-state index is 9.71. The van der Waals surface area contributed by atoms with E-state index < -0.39 is 0 Å². The minimum absolute atomic E-state index is 0.00944. The second kappa shape index (κ2) is 4.23. The molecule has 1 aliphatic rings. The van der Waals surface area contributed by atoms with E-state index >= 15 is 0 Å². The third-order valence-corrected chi connectivity index (χ3v) is 3.10. The highest BCUT2D eigenvalue weighted by atomic mass is 16.5. The van der Waals surface area contributed by atoms with E-state index in [0.717, 1.165) is 36.1 Å². The lowest BCUT2D eigenvalue weighted by molar-refractivity contribution is 0.0595. The van der Waals surface area contributed by atoms with Gasteiger partial charge in [-0.1, -0.05) is 18.2 Å². The lowest BCUT2D eigenvalue weighted by atomic mass is 10.1.